The highest BCUT2D eigenvalue weighted by atomic mass is 35.5. The average molecular weight is 287 g/mol. The largest absolute Gasteiger partial charge is 0.461 e. The Morgan fingerprint density at radius 2 is 2.21 bits per heavy atom. The summed E-state index contributed by atoms with van der Waals surface area (Å²) in [4.78, 5) is 11.5. The molecule has 1 aromatic carbocycles. The SMILES string of the molecule is CCOC(=O)c1[nH]nc(-c2ccc(F)cc2F)c1Cl. The van der Waals surface area contributed by atoms with Gasteiger partial charge in [-0.2, -0.15) is 5.10 Å². The number of esters is 1. The minimum Gasteiger partial charge on any atom is -0.461 e. The van der Waals surface area contributed by atoms with Crippen LogP contribution in [-0.4, -0.2) is 22.8 Å². The second-order valence-corrected chi connectivity index (χ2v) is 3.98. The number of H-pyrrole nitrogens is 1. The second-order valence-electron chi connectivity index (χ2n) is 3.61. The molecule has 100 valence electrons. The Balaban J connectivity index is 2.44. The van der Waals surface area contributed by atoms with E-state index in [9.17, 15) is 13.6 Å². The highest BCUT2D eigenvalue weighted by molar-refractivity contribution is 6.35. The van der Waals surface area contributed by atoms with Crippen LogP contribution in [0.5, 0.6) is 0 Å². The standard InChI is InChI=1S/C12H9ClF2N2O2/c1-2-19-12(18)11-9(13)10(16-17-11)7-4-3-6(14)5-8(7)15/h3-5H,2H2,1H3,(H,16,17). The average Bonchev–Trinajstić information content (AvgIpc) is 2.72. The first-order chi connectivity index (χ1) is 9.04. The van der Waals surface area contributed by atoms with Crippen molar-refractivity contribution in [1.82, 2.24) is 10.2 Å². The summed E-state index contributed by atoms with van der Waals surface area (Å²) in [6.07, 6.45) is 0. The summed E-state index contributed by atoms with van der Waals surface area (Å²) in [7, 11) is 0. The molecule has 0 aliphatic rings. The molecule has 2 rings (SSSR count). The molecular weight excluding hydrogens is 278 g/mol. The van der Waals surface area contributed by atoms with Gasteiger partial charge in [0.15, 0.2) is 5.69 Å². The van der Waals surface area contributed by atoms with Gasteiger partial charge >= 0.3 is 5.97 Å². The molecule has 0 amide bonds. The van der Waals surface area contributed by atoms with E-state index in [4.69, 9.17) is 16.3 Å². The predicted molar refractivity (Wildman–Crippen MR) is 64.9 cm³/mol. The van der Waals surface area contributed by atoms with Crippen molar-refractivity contribution >= 4 is 17.6 Å². The molecule has 1 N–H and O–H groups in total. The van der Waals surface area contributed by atoms with Gasteiger partial charge in [0.25, 0.3) is 0 Å². The minimum absolute atomic E-state index is 0.00167. The van der Waals surface area contributed by atoms with Crippen LogP contribution in [0, 0.1) is 11.6 Å². The summed E-state index contributed by atoms with van der Waals surface area (Å²) < 4.78 is 31.2. The van der Waals surface area contributed by atoms with Crippen LogP contribution >= 0.6 is 11.6 Å². The lowest BCUT2D eigenvalue weighted by molar-refractivity contribution is 0.0519. The van der Waals surface area contributed by atoms with Gasteiger partial charge in [0.1, 0.15) is 22.4 Å². The molecule has 0 aliphatic carbocycles. The predicted octanol–water partition coefficient (Wildman–Crippen LogP) is 3.19. The van der Waals surface area contributed by atoms with Gasteiger partial charge in [-0.15, -0.1) is 0 Å². The van der Waals surface area contributed by atoms with Crippen LogP contribution in [0.15, 0.2) is 18.2 Å². The van der Waals surface area contributed by atoms with Crippen LogP contribution in [0.4, 0.5) is 8.78 Å². The highest BCUT2D eigenvalue weighted by Crippen LogP contribution is 2.30. The van der Waals surface area contributed by atoms with E-state index in [1.807, 2.05) is 0 Å². The van der Waals surface area contributed by atoms with E-state index in [1.165, 1.54) is 6.07 Å². The van der Waals surface area contributed by atoms with Crippen molar-refractivity contribution in [3.8, 4) is 11.3 Å². The van der Waals surface area contributed by atoms with Gasteiger partial charge in [0.05, 0.1) is 6.61 Å². The summed E-state index contributed by atoms with van der Waals surface area (Å²) in [6.45, 7) is 1.82. The summed E-state index contributed by atoms with van der Waals surface area (Å²) in [5, 5.41) is 6.08. The number of hydrogen-bond donors (Lipinski definition) is 1. The molecule has 2 aromatic rings. The number of nitrogens with zero attached hydrogens (tertiary/aromatic N) is 1. The van der Waals surface area contributed by atoms with E-state index in [1.54, 1.807) is 6.92 Å². The van der Waals surface area contributed by atoms with Crippen LogP contribution in [0.3, 0.4) is 0 Å². The monoisotopic (exact) mass is 286 g/mol. The molecule has 0 bridgehead atoms. The first kappa shape index (κ1) is 13.5. The Morgan fingerprint density at radius 3 is 2.84 bits per heavy atom. The van der Waals surface area contributed by atoms with E-state index in [2.05, 4.69) is 10.2 Å². The lowest BCUT2D eigenvalue weighted by atomic mass is 10.1. The number of aromatic amines is 1. The molecule has 0 atom stereocenters. The maximum Gasteiger partial charge on any atom is 0.357 e. The van der Waals surface area contributed by atoms with E-state index in [-0.39, 0.29) is 28.6 Å². The van der Waals surface area contributed by atoms with Crippen LogP contribution in [0.1, 0.15) is 17.4 Å². The fourth-order valence-electron chi connectivity index (χ4n) is 1.53. The van der Waals surface area contributed by atoms with Gasteiger partial charge in [-0.25, -0.2) is 13.6 Å². The van der Waals surface area contributed by atoms with E-state index in [0.717, 1.165) is 6.07 Å². The van der Waals surface area contributed by atoms with Crippen molar-refractivity contribution in [2.24, 2.45) is 0 Å². The minimum atomic E-state index is -0.816. The van der Waals surface area contributed by atoms with Gasteiger partial charge in [-0.05, 0) is 19.1 Å². The van der Waals surface area contributed by atoms with Crippen molar-refractivity contribution < 1.29 is 18.3 Å². The topological polar surface area (TPSA) is 55.0 Å². The zero-order valence-electron chi connectivity index (χ0n) is 9.84. The Kier molecular flexibility index (Phi) is 3.80. The van der Waals surface area contributed by atoms with Crippen LogP contribution < -0.4 is 0 Å². The number of carbonyl (C=O) groups is 1. The lowest BCUT2D eigenvalue weighted by Gasteiger charge is -2.01. The van der Waals surface area contributed by atoms with Crippen molar-refractivity contribution in [2.45, 2.75) is 6.92 Å². The highest BCUT2D eigenvalue weighted by Gasteiger charge is 2.21. The van der Waals surface area contributed by atoms with E-state index in [0.29, 0.717) is 6.07 Å². The van der Waals surface area contributed by atoms with E-state index >= 15 is 0 Å². The van der Waals surface area contributed by atoms with Crippen molar-refractivity contribution in [3.63, 3.8) is 0 Å². The summed E-state index contributed by atoms with van der Waals surface area (Å²) in [6, 6.07) is 2.99. The number of aromatic nitrogens is 2. The smallest absolute Gasteiger partial charge is 0.357 e. The molecule has 0 saturated heterocycles. The normalized spacial score (nSPS) is 10.5. The maximum absolute atomic E-state index is 13.6. The lowest BCUT2D eigenvalue weighted by Crippen LogP contribution is -2.05. The van der Waals surface area contributed by atoms with Crippen molar-refractivity contribution in [1.29, 1.82) is 0 Å². The molecular formula is C12H9ClF2N2O2. The number of halogens is 3. The van der Waals surface area contributed by atoms with Crippen LogP contribution in [-0.2, 0) is 4.74 Å². The molecule has 1 heterocycles. The number of ether oxygens (including phenoxy) is 1. The van der Waals surface area contributed by atoms with Gasteiger partial charge < -0.3 is 4.74 Å². The summed E-state index contributed by atoms with van der Waals surface area (Å²) in [5.41, 5.74) is -0.0392. The van der Waals surface area contributed by atoms with Crippen molar-refractivity contribution in [3.05, 3.63) is 40.6 Å². The molecule has 1 aromatic heterocycles. The summed E-state index contributed by atoms with van der Waals surface area (Å²) in [5.74, 6) is -2.21. The number of nitrogens with one attached hydrogen (secondary N) is 1. The Bertz CT molecular complexity index is 628. The first-order valence-electron chi connectivity index (χ1n) is 5.41. The van der Waals surface area contributed by atoms with Crippen LogP contribution in [0.25, 0.3) is 11.3 Å². The number of hydrogen-bond acceptors (Lipinski definition) is 3. The van der Waals surface area contributed by atoms with Crippen molar-refractivity contribution in [2.75, 3.05) is 6.61 Å². The molecule has 4 nitrogen and oxygen atoms in total. The number of carbonyl (C=O) groups excluding carboxylic acids is 1. The van der Waals surface area contributed by atoms with Gasteiger partial charge in [0.2, 0.25) is 0 Å². The number of benzene rings is 1. The van der Waals surface area contributed by atoms with Gasteiger partial charge in [-0.3, -0.25) is 5.10 Å². The molecule has 0 saturated carbocycles. The molecule has 0 radical (unpaired) electrons. The second kappa shape index (κ2) is 5.36. The molecule has 19 heavy (non-hydrogen) atoms. The Morgan fingerprint density at radius 1 is 1.47 bits per heavy atom. The zero-order chi connectivity index (χ0) is 14.0. The molecule has 0 fully saturated rings. The number of rotatable bonds is 3. The molecule has 0 spiro atoms. The quantitative estimate of drug-likeness (QED) is 0.882. The fourth-order valence-corrected chi connectivity index (χ4v) is 1.79. The third kappa shape index (κ3) is 2.58. The zero-order valence-corrected chi connectivity index (χ0v) is 10.6. The summed E-state index contributed by atoms with van der Waals surface area (Å²) >= 11 is 5.95. The first-order valence-corrected chi connectivity index (χ1v) is 5.78. The molecule has 7 heteroatoms. The van der Waals surface area contributed by atoms with Crippen LogP contribution in [0.2, 0.25) is 5.02 Å². The molecule has 0 unspecified atom stereocenters. The third-order valence-electron chi connectivity index (χ3n) is 2.37. The maximum atomic E-state index is 13.6. The van der Waals surface area contributed by atoms with Gasteiger partial charge in [-0.1, -0.05) is 11.6 Å². The third-order valence-corrected chi connectivity index (χ3v) is 2.74. The van der Waals surface area contributed by atoms with Gasteiger partial charge in [0, 0.05) is 11.6 Å². The Labute approximate surface area is 112 Å². The fraction of sp³-hybridized carbons (Fsp3) is 0.167. The Hall–Kier alpha value is -1.95. The molecule has 0 aliphatic heterocycles. The van der Waals surface area contributed by atoms with E-state index < -0.39 is 17.6 Å².